The highest BCUT2D eigenvalue weighted by Crippen LogP contribution is 2.38. The summed E-state index contributed by atoms with van der Waals surface area (Å²) >= 11 is 7.67. The highest BCUT2D eigenvalue weighted by molar-refractivity contribution is 8.00. The maximum Gasteiger partial charge on any atom is 0.254 e. The van der Waals surface area contributed by atoms with Gasteiger partial charge in [-0.1, -0.05) is 30.9 Å². The van der Waals surface area contributed by atoms with Crippen LogP contribution in [0.5, 0.6) is 0 Å². The lowest BCUT2D eigenvalue weighted by Crippen LogP contribution is -2.30. The largest absolute Gasteiger partial charge is 0.395 e. The van der Waals surface area contributed by atoms with Gasteiger partial charge < -0.3 is 10.0 Å². The number of likely N-dealkylation sites (N-methyl/N-ethyl adjacent to an activating group) is 1. The minimum Gasteiger partial charge on any atom is -0.395 e. The van der Waals surface area contributed by atoms with E-state index >= 15 is 0 Å². The second kappa shape index (κ2) is 8.73. The van der Waals surface area contributed by atoms with Crippen LogP contribution in [0.25, 0.3) is 0 Å². The summed E-state index contributed by atoms with van der Waals surface area (Å²) in [6, 6.07) is 2.76. The fraction of sp³-hybridized carbons (Fsp3) is 0.562. The monoisotopic (exact) mass is 406 g/mol. The van der Waals surface area contributed by atoms with Crippen LogP contribution in [0.15, 0.2) is 21.9 Å². The van der Waals surface area contributed by atoms with Crippen LogP contribution in [0.4, 0.5) is 0 Å². The molecule has 0 unspecified atom stereocenters. The number of carbonyl (C=O) groups excluding carboxylic acids is 1. The number of nitrogens with zero attached hydrogens (tertiary/aromatic N) is 1. The molecule has 0 saturated heterocycles. The molecule has 6 nitrogen and oxygen atoms in total. The topological polar surface area (TPSA) is 101 Å². The minimum absolute atomic E-state index is 0.0159. The van der Waals surface area contributed by atoms with Crippen LogP contribution in [0.1, 0.15) is 42.5 Å². The lowest BCUT2D eigenvalue weighted by atomic mass is 10.0. The Bertz CT molecular complexity index is 734. The zero-order valence-corrected chi connectivity index (χ0v) is 16.5. The molecule has 0 aliphatic heterocycles. The molecule has 0 bridgehead atoms. The van der Waals surface area contributed by atoms with E-state index in [4.69, 9.17) is 21.8 Å². The van der Waals surface area contributed by atoms with Crippen molar-refractivity contribution in [1.82, 2.24) is 4.90 Å². The second-order valence-corrected chi connectivity index (χ2v) is 9.43. The molecular formula is C16H23ClN2O4S2. The SMILES string of the molecule is CN(CCO)C(=O)c1cc(S(N)(=O)=O)c(Cl)cc1SC1CCCCC1. The normalized spacial score (nSPS) is 16.0. The Morgan fingerprint density at radius 3 is 2.56 bits per heavy atom. The predicted molar refractivity (Wildman–Crippen MR) is 99.6 cm³/mol. The number of carbonyl (C=O) groups is 1. The molecular weight excluding hydrogens is 384 g/mol. The number of sulfonamides is 1. The van der Waals surface area contributed by atoms with Gasteiger partial charge in [-0.15, -0.1) is 11.8 Å². The molecule has 1 aliphatic carbocycles. The molecule has 1 aromatic carbocycles. The molecule has 140 valence electrons. The van der Waals surface area contributed by atoms with Gasteiger partial charge in [-0.05, 0) is 25.0 Å². The van der Waals surface area contributed by atoms with Crippen molar-refractivity contribution in [3.05, 3.63) is 22.7 Å². The molecule has 3 N–H and O–H groups in total. The lowest BCUT2D eigenvalue weighted by molar-refractivity contribution is 0.0763. The van der Waals surface area contributed by atoms with Crippen LogP contribution in [0.3, 0.4) is 0 Å². The summed E-state index contributed by atoms with van der Waals surface area (Å²) in [7, 11) is -2.48. The number of hydrogen-bond acceptors (Lipinski definition) is 5. The van der Waals surface area contributed by atoms with Gasteiger partial charge in [0.05, 0.1) is 17.2 Å². The van der Waals surface area contributed by atoms with Crippen molar-refractivity contribution < 1.29 is 18.3 Å². The van der Waals surface area contributed by atoms with Crippen molar-refractivity contribution in [3.63, 3.8) is 0 Å². The molecule has 1 aromatic rings. The number of amides is 1. The third kappa shape index (κ3) is 5.34. The van der Waals surface area contributed by atoms with E-state index < -0.39 is 10.0 Å². The van der Waals surface area contributed by atoms with Gasteiger partial charge in [0.2, 0.25) is 10.0 Å². The van der Waals surface area contributed by atoms with Crippen LogP contribution in [-0.2, 0) is 10.0 Å². The standard InChI is InChI=1S/C16H23ClN2O4S2/c1-19(7-8-20)16(21)12-9-15(25(18,22)23)13(17)10-14(12)24-11-5-3-2-4-6-11/h9-11,20H,2-8H2,1H3,(H2,18,22,23). The van der Waals surface area contributed by atoms with E-state index in [1.807, 2.05) is 0 Å². The van der Waals surface area contributed by atoms with Crippen LogP contribution >= 0.6 is 23.4 Å². The van der Waals surface area contributed by atoms with Crippen LogP contribution in [0.2, 0.25) is 5.02 Å². The Morgan fingerprint density at radius 1 is 1.36 bits per heavy atom. The van der Waals surface area contributed by atoms with Crippen molar-refractivity contribution in [2.24, 2.45) is 5.14 Å². The van der Waals surface area contributed by atoms with Gasteiger partial charge in [0, 0.05) is 23.7 Å². The van der Waals surface area contributed by atoms with Gasteiger partial charge in [-0.3, -0.25) is 4.79 Å². The van der Waals surface area contributed by atoms with Gasteiger partial charge in [0.15, 0.2) is 0 Å². The first-order valence-corrected chi connectivity index (χ1v) is 10.9. The molecule has 1 amide bonds. The zero-order chi connectivity index (χ0) is 18.6. The van der Waals surface area contributed by atoms with Crippen molar-refractivity contribution in [2.75, 3.05) is 20.2 Å². The number of aliphatic hydroxyl groups excluding tert-OH is 1. The molecule has 0 aromatic heterocycles. The lowest BCUT2D eigenvalue weighted by Gasteiger charge is -2.24. The van der Waals surface area contributed by atoms with E-state index in [0.717, 1.165) is 25.7 Å². The molecule has 0 atom stereocenters. The van der Waals surface area contributed by atoms with Crippen molar-refractivity contribution in [2.45, 2.75) is 47.1 Å². The van der Waals surface area contributed by atoms with Crippen molar-refractivity contribution in [3.8, 4) is 0 Å². The summed E-state index contributed by atoms with van der Waals surface area (Å²) in [4.78, 5) is 14.4. The smallest absolute Gasteiger partial charge is 0.254 e. The Kier molecular flexibility index (Phi) is 7.16. The summed E-state index contributed by atoms with van der Waals surface area (Å²) in [6.45, 7) is -0.0251. The second-order valence-electron chi connectivity index (χ2n) is 6.15. The number of benzene rings is 1. The highest BCUT2D eigenvalue weighted by atomic mass is 35.5. The molecule has 1 fully saturated rings. The Hall–Kier alpha value is -0.800. The first kappa shape index (κ1) is 20.5. The summed E-state index contributed by atoms with van der Waals surface area (Å²) < 4.78 is 23.5. The Morgan fingerprint density at radius 2 is 2.00 bits per heavy atom. The van der Waals surface area contributed by atoms with E-state index in [1.54, 1.807) is 18.8 Å². The maximum absolute atomic E-state index is 12.7. The number of primary sulfonamides is 1. The molecule has 9 heteroatoms. The van der Waals surface area contributed by atoms with E-state index in [9.17, 15) is 13.2 Å². The van der Waals surface area contributed by atoms with Crippen molar-refractivity contribution in [1.29, 1.82) is 0 Å². The van der Waals surface area contributed by atoms with Crippen LogP contribution in [0, 0.1) is 0 Å². The molecule has 0 radical (unpaired) electrons. The number of rotatable bonds is 6. The summed E-state index contributed by atoms with van der Waals surface area (Å²) in [6.07, 6.45) is 5.62. The fourth-order valence-corrected chi connectivity index (χ4v) is 5.39. The van der Waals surface area contributed by atoms with Gasteiger partial charge in [0.1, 0.15) is 4.90 Å². The number of nitrogens with two attached hydrogens (primary N) is 1. The first-order valence-electron chi connectivity index (χ1n) is 8.13. The summed E-state index contributed by atoms with van der Waals surface area (Å²) in [5.74, 6) is -0.367. The third-order valence-corrected chi connectivity index (χ3v) is 6.97. The third-order valence-electron chi connectivity index (χ3n) is 4.20. The number of thioether (sulfide) groups is 1. The minimum atomic E-state index is -4.04. The highest BCUT2D eigenvalue weighted by Gasteiger charge is 2.25. The molecule has 25 heavy (non-hydrogen) atoms. The Labute approximate surface area is 157 Å². The molecule has 1 saturated carbocycles. The maximum atomic E-state index is 12.7. The summed E-state index contributed by atoms with van der Waals surface area (Å²) in [5.41, 5.74) is 0.250. The molecule has 0 heterocycles. The summed E-state index contributed by atoms with van der Waals surface area (Å²) in [5, 5.41) is 14.7. The first-order chi connectivity index (χ1) is 11.7. The van der Waals surface area contributed by atoms with Gasteiger partial charge >= 0.3 is 0 Å². The van der Waals surface area contributed by atoms with Crippen LogP contribution in [-0.4, -0.2) is 49.8 Å². The number of halogens is 1. The number of aliphatic hydroxyl groups is 1. The van der Waals surface area contributed by atoms with Crippen LogP contribution < -0.4 is 5.14 Å². The van der Waals surface area contributed by atoms with E-state index in [-0.39, 0.29) is 34.5 Å². The fourth-order valence-electron chi connectivity index (χ4n) is 2.84. The molecule has 0 spiro atoms. The van der Waals surface area contributed by atoms with Gasteiger partial charge in [0.25, 0.3) is 5.91 Å². The predicted octanol–water partition coefficient (Wildman–Crippen LogP) is 2.48. The van der Waals surface area contributed by atoms with E-state index in [1.165, 1.54) is 23.5 Å². The zero-order valence-electron chi connectivity index (χ0n) is 14.1. The average molecular weight is 407 g/mol. The number of hydrogen-bond donors (Lipinski definition) is 2. The molecule has 1 aliphatic rings. The molecule has 2 rings (SSSR count). The van der Waals surface area contributed by atoms with E-state index in [2.05, 4.69) is 0 Å². The van der Waals surface area contributed by atoms with Gasteiger partial charge in [-0.2, -0.15) is 0 Å². The van der Waals surface area contributed by atoms with E-state index in [0.29, 0.717) is 10.1 Å². The average Bonchev–Trinajstić information content (AvgIpc) is 2.54. The van der Waals surface area contributed by atoms with Crippen molar-refractivity contribution >= 4 is 39.3 Å². The quantitative estimate of drug-likeness (QED) is 0.755. The van der Waals surface area contributed by atoms with Gasteiger partial charge in [-0.25, -0.2) is 13.6 Å². The Balaban J connectivity index is 2.44.